The van der Waals surface area contributed by atoms with Crippen LogP contribution in [0.4, 0.5) is 4.79 Å². The molecule has 1 aliphatic rings. The minimum Gasteiger partial charge on any atom is -0.481 e. The van der Waals surface area contributed by atoms with Crippen molar-refractivity contribution >= 4 is 18.0 Å². The Morgan fingerprint density at radius 1 is 1.00 bits per heavy atom. The molecule has 0 saturated heterocycles. The molecule has 3 N–H and O–H groups in total. The molecule has 0 heterocycles. The maximum atomic E-state index is 12.1. The molecule has 34 heavy (non-hydrogen) atoms. The van der Waals surface area contributed by atoms with E-state index in [-0.39, 0.29) is 31.0 Å². The van der Waals surface area contributed by atoms with Gasteiger partial charge in [-0.1, -0.05) is 75.2 Å². The quantitative estimate of drug-likeness (QED) is 0.543. The average Bonchev–Trinajstić information content (AvgIpc) is 3.11. The van der Waals surface area contributed by atoms with Gasteiger partial charge >= 0.3 is 12.1 Å². The number of fused-ring (bicyclic) bond motifs is 3. The van der Waals surface area contributed by atoms with E-state index in [0.717, 1.165) is 22.3 Å². The maximum absolute atomic E-state index is 12.1. The number of carboxylic acid groups (broad SMARTS) is 1. The second-order valence-electron chi connectivity index (χ2n) is 9.49. The van der Waals surface area contributed by atoms with Gasteiger partial charge in [0.1, 0.15) is 6.61 Å². The Balaban J connectivity index is 1.44. The van der Waals surface area contributed by atoms with E-state index < -0.39 is 23.9 Å². The minimum atomic E-state index is -0.958. The molecule has 1 unspecified atom stereocenters. The Bertz CT molecular complexity index is 1080. The molecule has 1 atom stereocenters. The molecule has 0 aromatic heterocycles. The van der Waals surface area contributed by atoms with Gasteiger partial charge < -0.3 is 20.5 Å². The van der Waals surface area contributed by atoms with Gasteiger partial charge in [0.25, 0.3) is 5.91 Å². The fourth-order valence-corrected chi connectivity index (χ4v) is 4.14. The topological polar surface area (TPSA) is 105 Å². The molecule has 2 amide bonds. The predicted molar refractivity (Wildman–Crippen MR) is 129 cm³/mol. The Kier molecular flexibility index (Phi) is 7.95. The maximum Gasteiger partial charge on any atom is 0.407 e. The molecule has 0 aliphatic heterocycles. The van der Waals surface area contributed by atoms with Crippen LogP contribution in [0, 0.1) is 23.2 Å². The molecule has 7 heteroatoms. The van der Waals surface area contributed by atoms with Gasteiger partial charge in [-0.05, 0) is 40.0 Å². The molecule has 7 nitrogen and oxygen atoms in total. The molecule has 0 fully saturated rings. The number of nitrogens with one attached hydrogen (secondary N) is 2. The van der Waals surface area contributed by atoms with Gasteiger partial charge in [-0.2, -0.15) is 0 Å². The average molecular weight is 463 g/mol. The van der Waals surface area contributed by atoms with Crippen molar-refractivity contribution in [2.45, 2.75) is 33.1 Å². The van der Waals surface area contributed by atoms with Crippen molar-refractivity contribution in [3.63, 3.8) is 0 Å². The summed E-state index contributed by atoms with van der Waals surface area (Å²) in [6.45, 7) is 5.96. The van der Waals surface area contributed by atoms with E-state index >= 15 is 0 Å². The van der Waals surface area contributed by atoms with Crippen molar-refractivity contribution < 1.29 is 24.2 Å². The van der Waals surface area contributed by atoms with Crippen LogP contribution in [-0.4, -0.2) is 42.8 Å². The highest BCUT2D eigenvalue weighted by molar-refractivity contribution is 5.93. The Morgan fingerprint density at radius 3 is 2.15 bits per heavy atom. The molecule has 0 bridgehead atoms. The zero-order chi connectivity index (χ0) is 24.7. The second kappa shape index (κ2) is 10.9. The number of hydrogen-bond acceptors (Lipinski definition) is 4. The van der Waals surface area contributed by atoms with Crippen molar-refractivity contribution in [2.75, 3.05) is 19.7 Å². The third kappa shape index (κ3) is 6.61. The molecule has 1 aliphatic carbocycles. The van der Waals surface area contributed by atoms with Crippen LogP contribution in [0.1, 0.15) is 44.2 Å². The standard InChI is InChI=1S/C27H30N2O5/c1-27(2,3)15-18(25(31)32)16-29-24(30)13-8-14-28-26(33)34-17-23-21-11-6-4-9-19(21)20-10-5-7-12-22(20)23/h4-7,9-12,18,23H,14-17H2,1-3H3,(H,28,33)(H,29,30)(H,31,32). The lowest BCUT2D eigenvalue weighted by Gasteiger charge is -2.23. The van der Waals surface area contributed by atoms with E-state index in [2.05, 4.69) is 34.6 Å². The van der Waals surface area contributed by atoms with E-state index in [1.807, 2.05) is 57.2 Å². The Hall–Kier alpha value is -3.79. The van der Waals surface area contributed by atoms with Gasteiger partial charge in [-0.3, -0.25) is 9.59 Å². The highest BCUT2D eigenvalue weighted by Gasteiger charge is 2.29. The second-order valence-corrected chi connectivity index (χ2v) is 9.49. The summed E-state index contributed by atoms with van der Waals surface area (Å²) in [5.41, 5.74) is 4.37. The molecule has 2 aromatic carbocycles. The van der Waals surface area contributed by atoms with Gasteiger partial charge in [0.05, 0.1) is 12.5 Å². The van der Waals surface area contributed by atoms with Crippen molar-refractivity contribution in [3.05, 3.63) is 59.7 Å². The summed E-state index contributed by atoms with van der Waals surface area (Å²) < 4.78 is 5.41. The van der Waals surface area contributed by atoms with Gasteiger partial charge in [0, 0.05) is 12.5 Å². The largest absolute Gasteiger partial charge is 0.481 e. The first-order valence-corrected chi connectivity index (χ1v) is 11.2. The summed E-state index contributed by atoms with van der Waals surface area (Å²) in [7, 11) is 0. The zero-order valence-electron chi connectivity index (χ0n) is 19.7. The van der Waals surface area contributed by atoms with E-state index in [1.165, 1.54) is 0 Å². The fourth-order valence-electron chi connectivity index (χ4n) is 4.14. The van der Waals surface area contributed by atoms with E-state index in [0.29, 0.717) is 6.42 Å². The van der Waals surface area contributed by atoms with Crippen molar-refractivity contribution in [1.82, 2.24) is 10.6 Å². The Labute approximate surface area is 199 Å². The minimum absolute atomic E-state index is 0.0000758. The number of amides is 2. The molecular formula is C27H30N2O5. The molecule has 0 saturated carbocycles. The summed E-state index contributed by atoms with van der Waals surface area (Å²) in [5.74, 6) is 2.64. The SMILES string of the molecule is CC(C)(C)CC(CNC(=O)C#CCNC(=O)OCC1c2ccccc2-c2ccccc21)C(=O)O. The van der Waals surface area contributed by atoms with Gasteiger partial charge in [0.2, 0.25) is 0 Å². The number of hydrogen-bond donors (Lipinski definition) is 3. The zero-order valence-corrected chi connectivity index (χ0v) is 19.7. The van der Waals surface area contributed by atoms with E-state index in [9.17, 15) is 19.5 Å². The first-order valence-electron chi connectivity index (χ1n) is 11.2. The van der Waals surface area contributed by atoms with Gasteiger partial charge in [-0.25, -0.2) is 4.79 Å². The number of carbonyl (C=O) groups is 3. The van der Waals surface area contributed by atoms with Crippen LogP contribution in [0.25, 0.3) is 11.1 Å². The number of rotatable bonds is 7. The highest BCUT2D eigenvalue weighted by atomic mass is 16.5. The van der Waals surface area contributed by atoms with Gasteiger partial charge in [-0.15, -0.1) is 0 Å². The fraction of sp³-hybridized carbons (Fsp3) is 0.370. The lowest BCUT2D eigenvalue weighted by molar-refractivity contribution is -0.142. The van der Waals surface area contributed by atoms with Crippen molar-refractivity contribution in [3.8, 4) is 23.0 Å². The molecular weight excluding hydrogens is 432 g/mol. The van der Waals surface area contributed by atoms with Gasteiger partial charge in [0.15, 0.2) is 0 Å². The summed E-state index contributed by atoms with van der Waals surface area (Å²) in [6, 6.07) is 16.1. The van der Waals surface area contributed by atoms with Crippen LogP contribution >= 0.6 is 0 Å². The summed E-state index contributed by atoms with van der Waals surface area (Å²) >= 11 is 0. The molecule has 2 aromatic rings. The molecule has 3 rings (SSSR count). The Morgan fingerprint density at radius 2 is 1.59 bits per heavy atom. The normalized spacial score (nSPS) is 13.0. The van der Waals surface area contributed by atoms with E-state index in [1.54, 1.807) is 0 Å². The van der Waals surface area contributed by atoms with Crippen LogP contribution in [0.15, 0.2) is 48.5 Å². The lowest BCUT2D eigenvalue weighted by atomic mass is 9.84. The number of carboxylic acids is 1. The van der Waals surface area contributed by atoms with Crippen molar-refractivity contribution in [2.24, 2.45) is 11.3 Å². The molecule has 178 valence electrons. The highest BCUT2D eigenvalue weighted by Crippen LogP contribution is 2.44. The predicted octanol–water partition coefficient (Wildman–Crippen LogP) is 3.78. The number of aliphatic carboxylic acids is 1. The van der Waals surface area contributed by atoms with Crippen LogP contribution in [0.2, 0.25) is 0 Å². The summed E-state index contributed by atoms with van der Waals surface area (Å²) in [5, 5.41) is 14.3. The summed E-state index contributed by atoms with van der Waals surface area (Å²) in [6.07, 6.45) is -0.188. The smallest absolute Gasteiger partial charge is 0.407 e. The van der Waals surface area contributed by atoms with Crippen LogP contribution in [0.5, 0.6) is 0 Å². The molecule has 0 spiro atoms. The first-order chi connectivity index (χ1) is 16.2. The number of carbonyl (C=O) groups excluding carboxylic acids is 2. The number of benzene rings is 2. The third-order valence-electron chi connectivity index (χ3n) is 5.58. The lowest BCUT2D eigenvalue weighted by Crippen LogP contribution is -2.34. The summed E-state index contributed by atoms with van der Waals surface area (Å²) in [4.78, 5) is 35.4. The van der Waals surface area contributed by atoms with Crippen LogP contribution in [0.3, 0.4) is 0 Å². The van der Waals surface area contributed by atoms with Crippen LogP contribution < -0.4 is 10.6 Å². The van der Waals surface area contributed by atoms with Crippen LogP contribution in [-0.2, 0) is 14.3 Å². The van der Waals surface area contributed by atoms with Crippen molar-refractivity contribution in [1.29, 1.82) is 0 Å². The monoisotopic (exact) mass is 462 g/mol. The van der Waals surface area contributed by atoms with E-state index in [4.69, 9.17) is 4.74 Å². The number of ether oxygens (including phenoxy) is 1. The number of alkyl carbamates (subject to hydrolysis) is 1. The molecule has 0 radical (unpaired) electrons. The third-order valence-corrected chi connectivity index (χ3v) is 5.58. The first kappa shape index (κ1) is 24.8.